The van der Waals surface area contributed by atoms with Gasteiger partial charge in [0.1, 0.15) is 5.15 Å². The maximum Gasteiger partial charge on any atom is 0.163 e. The molecule has 2 aromatic carbocycles. The highest BCUT2D eigenvalue weighted by Crippen LogP contribution is 2.29. The average molecular weight is 289 g/mol. The summed E-state index contributed by atoms with van der Waals surface area (Å²) >= 11 is 12.4. The monoisotopic (exact) mass is 288 g/mol. The lowest BCUT2D eigenvalue weighted by Gasteiger charge is -2.07. The molecule has 3 aromatic rings. The fraction of sp³-hybridized carbons (Fsp3) is 0.0667. The third-order valence-electron chi connectivity index (χ3n) is 3.00. The van der Waals surface area contributed by atoms with Crippen LogP contribution in [0.2, 0.25) is 10.2 Å². The second-order valence-electron chi connectivity index (χ2n) is 4.29. The molecule has 0 saturated carbocycles. The molecule has 4 heteroatoms. The Morgan fingerprint density at radius 3 is 2.47 bits per heavy atom. The van der Waals surface area contributed by atoms with E-state index < -0.39 is 0 Å². The molecule has 0 saturated heterocycles. The standard InChI is InChI=1S/C15H10Cl2N2/c1-9-5-4-7-11-13(9)18-15(19-14(11)17)10-6-2-3-8-12(10)16/h2-8H,1H3. The van der Waals surface area contributed by atoms with Crippen LogP contribution < -0.4 is 0 Å². The van der Waals surface area contributed by atoms with E-state index in [9.17, 15) is 0 Å². The summed E-state index contributed by atoms with van der Waals surface area (Å²) in [5.74, 6) is 0.553. The van der Waals surface area contributed by atoms with E-state index in [0.29, 0.717) is 16.0 Å². The van der Waals surface area contributed by atoms with Crippen molar-refractivity contribution < 1.29 is 0 Å². The van der Waals surface area contributed by atoms with Crippen LogP contribution >= 0.6 is 23.2 Å². The number of nitrogens with zero attached hydrogens (tertiary/aromatic N) is 2. The molecular weight excluding hydrogens is 279 g/mol. The highest BCUT2D eigenvalue weighted by atomic mass is 35.5. The Morgan fingerprint density at radius 2 is 1.68 bits per heavy atom. The summed E-state index contributed by atoms with van der Waals surface area (Å²) in [7, 11) is 0. The minimum atomic E-state index is 0.448. The molecule has 0 aliphatic rings. The molecule has 0 bridgehead atoms. The smallest absolute Gasteiger partial charge is 0.163 e. The van der Waals surface area contributed by atoms with E-state index in [2.05, 4.69) is 9.97 Å². The van der Waals surface area contributed by atoms with Crippen LogP contribution in [0.4, 0.5) is 0 Å². The van der Waals surface area contributed by atoms with Gasteiger partial charge in [-0.2, -0.15) is 0 Å². The van der Waals surface area contributed by atoms with E-state index >= 15 is 0 Å². The molecule has 0 N–H and O–H groups in total. The van der Waals surface area contributed by atoms with Gasteiger partial charge in [-0.3, -0.25) is 0 Å². The summed E-state index contributed by atoms with van der Waals surface area (Å²) in [6, 6.07) is 13.3. The molecule has 19 heavy (non-hydrogen) atoms. The maximum absolute atomic E-state index is 6.24. The van der Waals surface area contributed by atoms with E-state index in [-0.39, 0.29) is 0 Å². The molecule has 2 nitrogen and oxygen atoms in total. The number of halogens is 2. The van der Waals surface area contributed by atoms with Gasteiger partial charge in [0.05, 0.1) is 10.5 Å². The fourth-order valence-electron chi connectivity index (χ4n) is 2.02. The first-order chi connectivity index (χ1) is 9.16. The molecule has 0 atom stereocenters. The number of fused-ring (bicyclic) bond motifs is 1. The number of aromatic nitrogens is 2. The van der Waals surface area contributed by atoms with Crippen molar-refractivity contribution in [2.75, 3.05) is 0 Å². The summed E-state index contributed by atoms with van der Waals surface area (Å²) in [5, 5.41) is 1.92. The van der Waals surface area contributed by atoms with Crippen molar-refractivity contribution in [2.45, 2.75) is 6.92 Å². The van der Waals surface area contributed by atoms with Crippen LogP contribution in [-0.4, -0.2) is 9.97 Å². The van der Waals surface area contributed by atoms with Crippen LogP contribution in [0.15, 0.2) is 42.5 Å². The highest BCUT2D eigenvalue weighted by Gasteiger charge is 2.11. The fourth-order valence-corrected chi connectivity index (χ4v) is 2.47. The number of aryl methyl sites for hydroxylation is 1. The zero-order chi connectivity index (χ0) is 13.4. The summed E-state index contributed by atoms with van der Waals surface area (Å²) in [6.45, 7) is 2.00. The van der Waals surface area contributed by atoms with Gasteiger partial charge in [0.15, 0.2) is 5.82 Å². The van der Waals surface area contributed by atoms with Crippen molar-refractivity contribution >= 4 is 34.1 Å². The van der Waals surface area contributed by atoms with Gasteiger partial charge >= 0.3 is 0 Å². The molecule has 1 aromatic heterocycles. The lowest BCUT2D eigenvalue weighted by Crippen LogP contribution is -1.94. The lowest BCUT2D eigenvalue weighted by molar-refractivity contribution is 1.22. The van der Waals surface area contributed by atoms with Gasteiger partial charge in [0.2, 0.25) is 0 Å². The number of hydrogen-bond donors (Lipinski definition) is 0. The molecule has 94 valence electrons. The Labute approximate surface area is 121 Å². The summed E-state index contributed by atoms with van der Waals surface area (Å²) < 4.78 is 0. The molecule has 0 aliphatic heterocycles. The molecule has 0 amide bonds. The molecule has 0 aliphatic carbocycles. The predicted octanol–water partition coefficient (Wildman–Crippen LogP) is 4.91. The summed E-state index contributed by atoms with van der Waals surface area (Å²) in [6.07, 6.45) is 0. The quantitative estimate of drug-likeness (QED) is 0.595. The molecule has 3 rings (SSSR count). The third kappa shape index (κ3) is 2.18. The number of rotatable bonds is 1. The SMILES string of the molecule is Cc1cccc2c(Cl)nc(-c3ccccc3Cl)nc12. The van der Waals surface area contributed by atoms with Gasteiger partial charge < -0.3 is 0 Å². The van der Waals surface area contributed by atoms with Crippen LogP contribution in [0.5, 0.6) is 0 Å². The number of para-hydroxylation sites is 1. The van der Waals surface area contributed by atoms with Crippen molar-refractivity contribution in [3.63, 3.8) is 0 Å². The van der Waals surface area contributed by atoms with Crippen LogP contribution in [-0.2, 0) is 0 Å². The van der Waals surface area contributed by atoms with Crippen molar-refractivity contribution in [1.29, 1.82) is 0 Å². The van der Waals surface area contributed by atoms with Crippen molar-refractivity contribution in [3.05, 3.63) is 58.2 Å². The van der Waals surface area contributed by atoms with Gasteiger partial charge in [-0.15, -0.1) is 0 Å². The topological polar surface area (TPSA) is 25.8 Å². The van der Waals surface area contributed by atoms with E-state index in [1.807, 2.05) is 49.4 Å². The summed E-state index contributed by atoms with van der Waals surface area (Å²) in [4.78, 5) is 8.93. The average Bonchev–Trinajstić information content (AvgIpc) is 2.40. The zero-order valence-corrected chi connectivity index (χ0v) is 11.7. The third-order valence-corrected chi connectivity index (χ3v) is 3.61. The van der Waals surface area contributed by atoms with E-state index in [0.717, 1.165) is 22.0 Å². The molecule has 0 radical (unpaired) electrons. The van der Waals surface area contributed by atoms with Gasteiger partial charge in [-0.25, -0.2) is 9.97 Å². The van der Waals surface area contributed by atoms with Crippen LogP contribution in [0.25, 0.3) is 22.3 Å². The van der Waals surface area contributed by atoms with Gasteiger partial charge in [-0.05, 0) is 30.7 Å². The minimum absolute atomic E-state index is 0.448. The van der Waals surface area contributed by atoms with Gasteiger partial charge in [0.25, 0.3) is 0 Å². The summed E-state index contributed by atoms with van der Waals surface area (Å²) in [5.41, 5.74) is 2.71. The Morgan fingerprint density at radius 1 is 0.895 bits per heavy atom. The van der Waals surface area contributed by atoms with Crippen LogP contribution in [0.3, 0.4) is 0 Å². The minimum Gasteiger partial charge on any atom is -0.228 e. The molecule has 1 heterocycles. The second-order valence-corrected chi connectivity index (χ2v) is 5.05. The molecule has 0 spiro atoms. The van der Waals surface area contributed by atoms with Crippen molar-refractivity contribution in [1.82, 2.24) is 9.97 Å². The van der Waals surface area contributed by atoms with Crippen molar-refractivity contribution in [3.8, 4) is 11.4 Å². The van der Waals surface area contributed by atoms with E-state index in [4.69, 9.17) is 23.2 Å². The predicted molar refractivity (Wildman–Crippen MR) is 79.7 cm³/mol. The van der Waals surface area contributed by atoms with Crippen LogP contribution in [0.1, 0.15) is 5.56 Å². The largest absolute Gasteiger partial charge is 0.228 e. The Bertz CT molecular complexity index is 769. The molecule has 0 fully saturated rings. The highest BCUT2D eigenvalue weighted by molar-refractivity contribution is 6.35. The first-order valence-electron chi connectivity index (χ1n) is 5.84. The second kappa shape index (κ2) is 4.80. The lowest BCUT2D eigenvalue weighted by atomic mass is 10.1. The van der Waals surface area contributed by atoms with E-state index in [1.54, 1.807) is 0 Å². The maximum atomic E-state index is 6.24. The van der Waals surface area contributed by atoms with Gasteiger partial charge in [-0.1, -0.05) is 47.5 Å². The van der Waals surface area contributed by atoms with Gasteiger partial charge in [0, 0.05) is 10.9 Å². The normalized spacial score (nSPS) is 10.9. The first-order valence-corrected chi connectivity index (χ1v) is 6.60. The molecule has 0 unspecified atom stereocenters. The Hall–Kier alpha value is -1.64. The zero-order valence-electron chi connectivity index (χ0n) is 10.2. The first kappa shape index (κ1) is 12.4. The number of benzene rings is 2. The Kier molecular flexibility index (Phi) is 3.13. The number of hydrogen-bond acceptors (Lipinski definition) is 2. The van der Waals surface area contributed by atoms with Crippen molar-refractivity contribution in [2.24, 2.45) is 0 Å². The van der Waals surface area contributed by atoms with Crippen LogP contribution in [0, 0.1) is 6.92 Å². The van der Waals surface area contributed by atoms with E-state index in [1.165, 1.54) is 0 Å². The Balaban J connectivity index is 2.33. The molecular formula is C15H10Cl2N2.